The number of aliphatic hydroxyl groups is 1. The third-order valence-corrected chi connectivity index (χ3v) is 4.37. The van der Waals surface area contributed by atoms with E-state index in [1.807, 2.05) is 6.92 Å². The van der Waals surface area contributed by atoms with E-state index in [0.29, 0.717) is 13.0 Å². The van der Waals surface area contributed by atoms with Crippen molar-refractivity contribution in [1.29, 1.82) is 0 Å². The number of nitrogens with one attached hydrogen (secondary N) is 2. The number of hydrogen-bond donors (Lipinski definition) is 3. The Morgan fingerprint density at radius 1 is 1.48 bits per heavy atom. The summed E-state index contributed by atoms with van der Waals surface area (Å²) in [5, 5.41) is 15.5. The second-order valence-electron chi connectivity index (χ2n) is 5.08. The molecule has 1 saturated heterocycles. The van der Waals surface area contributed by atoms with Gasteiger partial charge in [-0.3, -0.25) is 4.79 Å². The standard InChI is InChI=1S/C15H22N2O2S.ClH/c1-3-20-13-6-4-11(5-7-13)10(2)17-15(19)14-8-12(18)9-16-14;/h4-7,10,12,14,16,18H,3,8-9H2,1-2H3,(H,17,19);1H. The van der Waals surface area contributed by atoms with Crippen LogP contribution in [0.2, 0.25) is 0 Å². The van der Waals surface area contributed by atoms with Crippen LogP contribution in [0.5, 0.6) is 0 Å². The fourth-order valence-electron chi connectivity index (χ4n) is 2.33. The van der Waals surface area contributed by atoms with Crippen molar-refractivity contribution >= 4 is 30.1 Å². The zero-order valence-corrected chi connectivity index (χ0v) is 14.0. The molecule has 1 aliphatic heterocycles. The number of carbonyl (C=O) groups excluding carboxylic acids is 1. The van der Waals surface area contributed by atoms with Crippen molar-refractivity contribution in [1.82, 2.24) is 10.6 Å². The Morgan fingerprint density at radius 3 is 2.67 bits per heavy atom. The van der Waals surface area contributed by atoms with Gasteiger partial charge in [-0.2, -0.15) is 0 Å². The molecule has 118 valence electrons. The van der Waals surface area contributed by atoms with Gasteiger partial charge >= 0.3 is 0 Å². The number of hydrogen-bond acceptors (Lipinski definition) is 4. The Balaban J connectivity index is 0.00000220. The van der Waals surface area contributed by atoms with E-state index in [-0.39, 0.29) is 30.4 Å². The fourth-order valence-corrected chi connectivity index (χ4v) is 3.00. The maximum atomic E-state index is 12.1. The lowest BCUT2D eigenvalue weighted by molar-refractivity contribution is -0.123. The van der Waals surface area contributed by atoms with Gasteiger partial charge in [0.1, 0.15) is 0 Å². The summed E-state index contributed by atoms with van der Waals surface area (Å²) in [7, 11) is 0. The van der Waals surface area contributed by atoms with E-state index in [9.17, 15) is 9.90 Å². The molecule has 4 nitrogen and oxygen atoms in total. The molecular weight excluding hydrogens is 308 g/mol. The van der Waals surface area contributed by atoms with Crippen molar-refractivity contribution in [2.75, 3.05) is 12.3 Å². The smallest absolute Gasteiger partial charge is 0.237 e. The number of carbonyl (C=O) groups is 1. The highest BCUT2D eigenvalue weighted by atomic mass is 35.5. The second kappa shape index (κ2) is 8.63. The average molecular weight is 331 g/mol. The Labute approximate surface area is 136 Å². The fraction of sp³-hybridized carbons (Fsp3) is 0.533. The van der Waals surface area contributed by atoms with E-state index >= 15 is 0 Å². The molecule has 0 spiro atoms. The normalized spacial score (nSPS) is 22.4. The molecule has 0 aliphatic carbocycles. The Morgan fingerprint density at radius 2 is 2.14 bits per heavy atom. The number of benzene rings is 1. The first-order chi connectivity index (χ1) is 9.60. The van der Waals surface area contributed by atoms with E-state index in [1.165, 1.54) is 4.90 Å². The zero-order valence-electron chi connectivity index (χ0n) is 12.3. The van der Waals surface area contributed by atoms with Crippen molar-refractivity contribution in [2.45, 2.75) is 43.4 Å². The Bertz CT molecular complexity index is 455. The van der Waals surface area contributed by atoms with Crippen LogP contribution in [0.4, 0.5) is 0 Å². The van der Waals surface area contributed by atoms with Crippen molar-refractivity contribution in [2.24, 2.45) is 0 Å². The van der Waals surface area contributed by atoms with Crippen LogP contribution in [0.1, 0.15) is 31.9 Å². The lowest BCUT2D eigenvalue weighted by Gasteiger charge is -2.17. The minimum absolute atomic E-state index is 0. The van der Waals surface area contributed by atoms with Crippen LogP contribution < -0.4 is 10.6 Å². The summed E-state index contributed by atoms with van der Waals surface area (Å²) in [5.74, 6) is 1.02. The summed E-state index contributed by atoms with van der Waals surface area (Å²) < 4.78 is 0. The van der Waals surface area contributed by atoms with E-state index in [1.54, 1.807) is 11.8 Å². The quantitative estimate of drug-likeness (QED) is 0.724. The monoisotopic (exact) mass is 330 g/mol. The first-order valence-corrected chi connectivity index (χ1v) is 8.03. The van der Waals surface area contributed by atoms with Crippen LogP contribution in [0, 0.1) is 0 Å². The maximum absolute atomic E-state index is 12.1. The molecule has 21 heavy (non-hydrogen) atoms. The van der Waals surface area contributed by atoms with Gasteiger partial charge in [-0.1, -0.05) is 19.1 Å². The summed E-state index contributed by atoms with van der Waals surface area (Å²) in [6.07, 6.45) is 0.0800. The highest BCUT2D eigenvalue weighted by Crippen LogP contribution is 2.21. The molecule has 0 radical (unpaired) electrons. The SMILES string of the molecule is CCSc1ccc(C(C)NC(=O)C2CC(O)CN2)cc1.Cl. The number of aliphatic hydroxyl groups excluding tert-OH is 1. The molecule has 6 heteroatoms. The predicted molar refractivity (Wildman–Crippen MR) is 89.1 cm³/mol. The van der Waals surface area contributed by atoms with E-state index in [4.69, 9.17) is 0 Å². The van der Waals surface area contributed by atoms with Crippen LogP contribution in [0.25, 0.3) is 0 Å². The van der Waals surface area contributed by atoms with Gasteiger partial charge in [-0.15, -0.1) is 24.2 Å². The first kappa shape index (κ1) is 18.3. The number of halogens is 1. The van der Waals surface area contributed by atoms with Gasteiger partial charge in [0.05, 0.1) is 18.2 Å². The van der Waals surface area contributed by atoms with Crippen LogP contribution in [-0.2, 0) is 4.79 Å². The van der Waals surface area contributed by atoms with E-state index in [0.717, 1.165) is 11.3 Å². The molecule has 1 heterocycles. The Hall–Kier alpha value is -0.750. The lowest BCUT2D eigenvalue weighted by atomic mass is 10.1. The molecule has 1 amide bonds. The summed E-state index contributed by atoms with van der Waals surface area (Å²) >= 11 is 1.81. The molecule has 1 aliphatic rings. The van der Waals surface area contributed by atoms with Gasteiger partial charge in [0.2, 0.25) is 5.91 Å². The number of amides is 1. The van der Waals surface area contributed by atoms with Gasteiger partial charge in [0.25, 0.3) is 0 Å². The van der Waals surface area contributed by atoms with Gasteiger partial charge < -0.3 is 15.7 Å². The molecule has 3 N–H and O–H groups in total. The van der Waals surface area contributed by atoms with E-state index < -0.39 is 6.10 Å². The van der Waals surface area contributed by atoms with Crippen LogP contribution >= 0.6 is 24.2 Å². The summed E-state index contributed by atoms with van der Waals surface area (Å²) in [5.41, 5.74) is 1.09. The summed E-state index contributed by atoms with van der Waals surface area (Å²) in [4.78, 5) is 13.3. The summed E-state index contributed by atoms with van der Waals surface area (Å²) in [6.45, 7) is 4.60. The molecule has 1 aromatic carbocycles. The van der Waals surface area contributed by atoms with Gasteiger partial charge in [-0.25, -0.2) is 0 Å². The molecule has 1 aromatic rings. The lowest BCUT2D eigenvalue weighted by Crippen LogP contribution is -2.41. The number of thioether (sulfide) groups is 1. The number of rotatable bonds is 5. The molecular formula is C15H23ClN2O2S. The first-order valence-electron chi connectivity index (χ1n) is 7.04. The van der Waals surface area contributed by atoms with Gasteiger partial charge in [0.15, 0.2) is 0 Å². The molecule has 3 unspecified atom stereocenters. The third-order valence-electron chi connectivity index (χ3n) is 3.47. The van der Waals surface area contributed by atoms with Crippen LogP contribution in [0.15, 0.2) is 29.2 Å². The van der Waals surface area contributed by atoms with Gasteiger partial charge in [0, 0.05) is 11.4 Å². The van der Waals surface area contributed by atoms with E-state index in [2.05, 4.69) is 41.8 Å². The van der Waals surface area contributed by atoms with Gasteiger partial charge in [-0.05, 0) is 36.8 Å². The number of β-amino-alcohol motifs (C(OH)–C–C–N with tert-alkyl or cyclic N) is 1. The topological polar surface area (TPSA) is 61.4 Å². The van der Waals surface area contributed by atoms with Crippen molar-refractivity contribution < 1.29 is 9.90 Å². The largest absolute Gasteiger partial charge is 0.392 e. The molecule has 3 atom stereocenters. The second-order valence-corrected chi connectivity index (χ2v) is 6.42. The van der Waals surface area contributed by atoms with Crippen LogP contribution in [0.3, 0.4) is 0 Å². The highest BCUT2D eigenvalue weighted by Gasteiger charge is 2.28. The molecule has 1 fully saturated rings. The minimum Gasteiger partial charge on any atom is -0.392 e. The minimum atomic E-state index is -0.411. The van der Waals surface area contributed by atoms with Crippen molar-refractivity contribution in [3.63, 3.8) is 0 Å². The van der Waals surface area contributed by atoms with Crippen molar-refractivity contribution in [3.05, 3.63) is 29.8 Å². The Kier molecular flexibility index (Phi) is 7.52. The molecule has 0 saturated carbocycles. The average Bonchev–Trinajstić information content (AvgIpc) is 2.86. The molecule has 0 aromatic heterocycles. The predicted octanol–water partition coefficient (Wildman–Crippen LogP) is 2.12. The zero-order chi connectivity index (χ0) is 14.5. The molecule has 0 bridgehead atoms. The van der Waals surface area contributed by atoms with Crippen molar-refractivity contribution in [3.8, 4) is 0 Å². The van der Waals surface area contributed by atoms with Crippen LogP contribution in [-0.4, -0.2) is 35.5 Å². The third kappa shape index (κ3) is 5.18. The summed E-state index contributed by atoms with van der Waals surface area (Å²) in [6, 6.07) is 7.98. The maximum Gasteiger partial charge on any atom is 0.237 e. The molecule has 2 rings (SSSR count). The highest BCUT2D eigenvalue weighted by molar-refractivity contribution is 7.99.